The van der Waals surface area contributed by atoms with Crippen molar-refractivity contribution in [2.75, 3.05) is 45.3 Å². The van der Waals surface area contributed by atoms with Gasteiger partial charge in [0.05, 0.1) is 25.5 Å². The summed E-state index contributed by atoms with van der Waals surface area (Å²) in [6.45, 7) is 2.23. The molecule has 0 spiro atoms. The quantitative estimate of drug-likeness (QED) is 0.596. The van der Waals surface area contributed by atoms with E-state index >= 15 is 0 Å². The Morgan fingerprint density at radius 3 is 2.12 bits per heavy atom. The number of amides is 1. The Hall–Kier alpha value is -3.94. The molecule has 1 saturated heterocycles. The first-order valence-electron chi connectivity index (χ1n) is 10.7. The fourth-order valence-electron chi connectivity index (χ4n) is 4.15. The van der Waals surface area contributed by atoms with Gasteiger partial charge in [-0.2, -0.15) is 0 Å². The SMILES string of the molecule is COc1cc(OC)cc(N2CCN(C(=O)c3ccn(CC(=O)O)c3-c3ccccc3)CC2)c1. The van der Waals surface area contributed by atoms with E-state index in [9.17, 15) is 14.7 Å². The lowest BCUT2D eigenvalue weighted by Crippen LogP contribution is -2.48. The Kier molecular flexibility index (Phi) is 6.53. The number of nitrogens with zero attached hydrogens (tertiary/aromatic N) is 3. The van der Waals surface area contributed by atoms with Crippen LogP contribution in [-0.2, 0) is 11.3 Å². The van der Waals surface area contributed by atoms with Crippen molar-refractivity contribution in [2.45, 2.75) is 6.54 Å². The van der Waals surface area contributed by atoms with Crippen LogP contribution in [0.15, 0.2) is 60.8 Å². The highest BCUT2D eigenvalue weighted by Gasteiger charge is 2.27. The van der Waals surface area contributed by atoms with Crippen molar-refractivity contribution in [1.29, 1.82) is 0 Å². The first kappa shape index (κ1) is 22.3. The molecule has 0 atom stereocenters. The van der Waals surface area contributed by atoms with Crippen molar-refractivity contribution in [2.24, 2.45) is 0 Å². The van der Waals surface area contributed by atoms with Crippen LogP contribution in [0.3, 0.4) is 0 Å². The van der Waals surface area contributed by atoms with Gasteiger partial charge in [-0.1, -0.05) is 30.3 Å². The molecule has 33 heavy (non-hydrogen) atoms. The second kappa shape index (κ2) is 9.68. The zero-order chi connectivity index (χ0) is 23.4. The highest BCUT2D eigenvalue weighted by molar-refractivity contribution is 6.00. The molecule has 1 aliphatic rings. The molecule has 1 aliphatic heterocycles. The molecule has 1 N–H and O–H groups in total. The fraction of sp³-hybridized carbons (Fsp3) is 0.280. The first-order valence-corrected chi connectivity index (χ1v) is 10.7. The van der Waals surface area contributed by atoms with Gasteiger partial charge in [0, 0.05) is 56.3 Å². The van der Waals surface area contributed by atoms with E-state index in [1.165, 1.54) is 0 Å². The van der Waals surface area contributed by atoms with Gasteiger partial charge in [0.1, 0.15) is 18.0 Å². The second-order valence-electron chi connectivity index (χ2n) is 7.82. The topological polar surface area (TPSA) is 84.2 Å². The van der Waals surface area contributed by atoms with Crippen LogP contribution in [0.4, 0.5) is 5.69 Å². The predicted molar refractivity (Wildman–Crippen MR) is 125 cm³/mol. The Morgan fingerprint density at radius 2 is 1.55 bits per heavy atom. The molecule has 1 fully saturated rings. The summed E-state index contributed by atoms with van der Waals surface area (Å²) in [6, 6.07) is 16.9. The number of hydrogen-bond acceptors (Lipinski definition) is 5. The van der Waals surface area contributed by atoms with Crippen LogP contribution >= 0.6 is 0 Å². The predicted octanol–water partition coefficient (Wildman–Crippen LogP) is 3.22. The highest BCUT2D eigenvalue weighted by atomic mass is 16.5. The molecular weight excluding hydrogens is 422 g/mol. The fourth-order valence-corrected chi connectivity index (χ4v) is 4.15. The molecular formula is C25H27N3O5. The Balaban J connectivity index is 1.54. The molecule has 1 aromatic heterocycles. The average Bonchev–Trinajstić information content (AvgIpc) is 3.26. The van der Waals surface area contributed by atoms with Gasteiger partial charge in [-0.05, 0) is 11.6 Å². The standard InChI is InChI=1S/C25H27N3O5/c1-32-20-14-19(15-21(16-20)33-2)26-10-12-27(13-11-26)25(31)22-8-9-28(17-23(29)30)24(22)18-6-4-3-5-7-18/h3-9,14-16H,10-13,17H2,1-2H3,(H,29,30). The van der Waals surface area contributed by atoms with E-state index in [0.717, 1.165) is 22.7 Å². The van der Waals surface area contributed by atoms with Crippen LogP contribution in [-0.4, -0.2) is 66.8 Å². The summed E-state index contributed by atoms with van der Waals surface area (Å²) in [7, 11) is 3.24. The molecule has 0 aliphatic carbocycles. The third-order valence-corrected chi connectivity index (χ3v) is 5.81. The van der Waals surface area contributed by atoms with Gasteiger partial charge in [-0.3, -0.25) is 9.59 Å². The molecule has 8 nitrogen and oxygen atoms in total. The van der Waals surface area contributed by atoms with Crippen molar-refractivity contribution < 1.29 is 24.2 Å². The number of hydrogen-bond donors (Lipinski definition) is 1. The summed E-state index contributed by atoms with van der Waals surface area (Å²) in [5.41, 5.74) is 2.94. The normalized spacial score (nSPS) is 13.6. The van der Waals surface area contributed by atoms with E-state index in [0.29, 0.717) is 37.4 Å². The number of ether oxygens (including phenoxy) is 2. The van der Waals surface area contributed by atoms with Gasteiger partial charge >= 0.3 is 5.97 Å². The van der Waals surface area contributed by atoms with Crippen molar-refractivity contribution >= 4 is 17.6 Å². The summed E-state index contributed by atoms with van der Waals surface area (Å²) >= 11 is 0. The second-order valence-corrected chi connectivity index (χ2v) is 7.82. The maximum Gasteiger partial charge on any atom is 0.323 e. The third kappa shape index (κ3) is 4.79. The smallest absolute Gasteiger partial charge is 0.323 e. The van der Waals surface area contributed by atoms with E-state index in [1.54, 1.807) is 31.0 Å². The maximum absolute atomic E-state index is 13.4. The van der Waals surface area contributed by atoms with Gasteiger partial charge in [0.25, 0.3) is 5.91 Å². The zero-order valence-electron chi connectivity index (χ0n) is 18.7. The molecule has 0 saturated carbocycles. The Bertz CT molecular complexity index is 1110. The highest BCUT2D eigenvalue weighted by Crippen LogP contribution is 2.30. The average molecular weight is 450 g/mol. The summed E-state index contributed by atoms with van der Waals surface area (Å²) < 4.78 is 12.4. The number of carboxylic acid groups (broad SMARTS) is 1. The number of carbonyl (C=O) groups excluding carboxylic acids is 1. The summed E-state index contributed by atoms with van der Waals surface area (Å²) in [4.78, 5) is 28.8. The Morgan fingerprint density at radius 1 is 0.909 bits per heavy atom. The van der Waals surface area contributed by atoms with Gasteiger partial charge < -0.3 is 28.9 Å². The molecule has 0 unspecified atom stereocenters. The number of methoxy groups -OCH3 is 2. The molecule has 0 bridgehead atoms. The van der Waals surface area contributed by atoms with Crippen molar-refractivity contribution in [3.8, 4) is 22.8 Å². The van der Waals surface area contributed by atoms with E-state index in [2.05, 4.69) is 4.90 Å². The first-order chi connectivity index (χ1) is 16.0. The summed E-state index contributed by atoms with van der Waals surface area (Å²) in [5.74, 6) is 0.384. The molecule has 8 heteroatoms. The number of aromatic nitrogens is 1. The molecule has 172 valence electrons. The van der Waals surface area contributed by atoms with E-state index in [-0.39, 0.29) is 12.5 Å². The molecule has 4 rings (SSSR count). The van der Waals surface area contributed by atoms with Gasteiger partial charge in [-0.15, -0.1) is 0 Å². The molecule has 0 radical (unpaired) electrons. The third-order valence-electron chi connectivity index (χ3n) is 5.81. The Labute approximate surface area is 192 Å². The van der Waals surface area contributed by atoms with Crippen molar-refractivity contribution in [3.05, 3.63) is 66.4 Å². The minimum atomic E-state index is -0.955. The van der Waals surface area contributed by atoms with Gasteiger partial charge in [-0.25, -0.2) is 0 Å². The van der Waals surface area contributed by atoms with Gasteiger partial charge in [0.2, 0.25) is 0 Å². The van der Waals surface area contributed by atoms with E-state index in [4.69, 9.17) is 9.47 Å². The molecule has 2 heterocycles. The number of piperazine rings is 1. The van der Waals surface area contributed by atoms with Crippen LogP contribution in [0.5, 0.6) is 11.5 Å². The number of rotatable bonds is 7. The van der Waals surface area contributed by atoms with Crippen molar-refractivity contribution in [1.82, 2.24) is 9.47 Å². The molecule has 1 amide bonds. The number of anilines is 1. The lowest BCUT2D eigenvalue weighted by atomic mass is 10.1. The summed E-state index contributed by atoms with van der Waals surface area (Å²) in [5, 5.41) is 9.31. The zero-order valence-corrected chi connectivity index (χ0v) is 18.7. The molecule has 3 aromatic rings. The van der Waals surface area contributed by atoms with Crippen LogP contribution in [0, 0.1) is 0 Å². The van der Waals surface area contributed by atoms with Crippen LogP contribution < -0.4 is 14.4 Å². The van der Waals surface area contributed by atoms with Crippen LogP contribution in [0.25, 0.3) is 11.3 Å². The number of benzene rings is 2. The lowest BCUT2D eigenvalue weighted by molar-refractivity contribution is -0.137. The van der Waals surface area contributed by atoms with E-state index in [1.807, 2.05) is 53.4 Å². The minimum absolute atomic E-state index is 0.0964. The number of carboxylic acids is 1. The van der Waals surface area contributed by atoms with E-state index < -0.39 is 5.97 Å². The van der Waals surface area contributed by atoms with Crippen molar-refractivity contribution in [3.63, 3.8) is 0 Å². The van der Waals surface area contributed by atoms with Crippen LogP contribution in [0.2, 0.25) is 0 Å². The maximum atomic E-state index is 13.4. The lowest BCUT2D eigenvalue weighted by Gasteiger charge is -2.36. The number of aliphatic carboxylic acids is 1. The number of carbonyl (C=O) groups is 2. The largest absolute Gasteiger partial charge is 0.497 e. The summed E-state index contributed by atoms with van der Waals surface area (Å²) in [6.07, 6.45) is 1.67. The minimum Gasteiger partial charge on any atom is -0.497 e. The van der Waals surface area contributed by atoms with Crippen LogP contribution in [0.1, 0.15) is 10.4 Å². The monoisotopic (exact) mass is 449 g/mol. The van der Waals surface area contributed by atoms with Gasteiger partial charge in [0.15, 0.2) is 0 Å². The molecule has 2 aromatic carbocycles.